The third-order valence-corrected chi connectivity index (χ3v) is 3.97. The lowest BCUT2D eigenvalue weighted by molar-refractivity contribution is -0.387. The molecule has 0 bridgehead atoms. The van der Waals surface area contributed by atoms with Crippen molar-refractivity contribution in [3.05, 3.63) is 45.2 Å². The van der Waals surface area contributed by atoms with Gasteiger partial charge in [-0.1, -0.05) is 15.9 Å². The minimum absolute atomic E-state index is 0.276. The van der Waals surface area contributed by atoms with Gasteiger partial charge in [-0.3, -0.25) is 10.1 Å². The Morgan fingerprint density at radius 2 is 2.05 bits per heavy atom. The van der Waals surface area contributed by atoms with Gasteiger partial charge < -0.3 is 0 Å². The number of anilines is 1. The lowest BCUT2D eigenvalue weighted by Gasteiger charge is -2.06. The van der Waals surface area contributed by atoms with Crippen molar-refractivity contribution < 1.29 is 13.3 Å². The van der Waals surface area contributed by atoms with Crippen molar-refractivity contribution in [1.29, 1.82) is 0 Å². The number of rotatable bonds is 4. The Balaban J connectivity index is 2.49. The van der Waals surface area contributed by atoms with E-state index in [1.165, 1.54) is 18.5 Å². The van der Waals surface area contributed by atoms with Crippen LogP contribution in [0.1, 0.15) is 0 Å². The molecule has 1 heterocycles. The molecular weight excluding hydrogens is 354 g/mol. The average Bonchev–Trinajstić information content (AvgIpc) is 2.39. The van der Waals surface area contributed by atoms with Crippen molar-refractivity contribution in [3.63, 3.8) is 0 Å². The summed E-state index contributed by atoms with van der Waals surface area (Å²) in [5.41, 5.74) is -0.551. The molecule has 0 spiro atoms. The molecule has 0 aliphatic carbocycles. The Morgan fingerprint density at radius 1 is 1.30 bits per heavy atom. The van der Waals surface area contributed by atoms with Gasteiger partial charge in [-0.05, 0) is 12.1 Å². The van der Waals surface area contributed by atoms with E-state index in [0.29, 0.717) is 4.47 Å². The van der Waals surface area contributed by atoms with E-state index in [-0.39, 0.29) is 5.95 Å². The average molecular weight is 360 g/mol. The zero-order valence-corrected chi connectivity index (χ0v) is 12.0. The predicted octanol–water partition coefficient (Wildman–Crippen LogP) is 1.34. The molecule has 2 aromatic rings. The first-order chi connectivity index (χ1) is 9.40. The van der Waals surface area contributed by atoms with Gasteiger partial charge in [0, 0.05) is 10.5 Å². The highest BCUT2D eigenvalue weighted by Crippen LogP contribution is 2.28. The second-order valence-corrected chi connectivity index (χ2v) is 6.01. The SMILES string of the molecule is O=[N+]([O-])c1ccc(Br)cc1S(=O)(=O)Nc1nccnn1. The van der Waals surface area contributed by atoms with Gasteiger partial charge >= 0.3 is 0 Å². The zero-order chi connectivity index (χ0) is 14.8. The van der Waals surface area contributed by atoms with E-state index < -0.39 is 25.5 Å². The first-order valence-corrected chi connectivity index (χ1v) is 7.28. The summed E-state index contributed by atoms with van der Waals surface area (Å²) in [7, 11) is -4.20. The van der Waals surface area contributed by atoms with E-state index in [0.717, 1.165) is 12.1 Å². The summed E-state index contributed by atoms with van der Waals surface area (Å²) in [6.45, 7) is 0. The molecule has 1 N–H and O–H groups in total. The summed E-state index contributed by atoms with van der Waals surface area (Å²) >= 11 is 3.06. The molecule has 9 nitrogen and oxygen atoms in total. The van der Waals surface area contributed by atoms with Crippen molar-refractivity contribution in [2.45, 2.75) is 4.90 Å². The van der Waals surface area contributed by atoms with Crippen LogP contribution in [0.2, 0.25) is 0 Å². The fourth-order valence-corrected chi connectivity index (χ4v) is 2.98. The van der Waals surface area contributed by atoms with Gasteiger partial charge in [-0.2, -0.15) is 5.10 Å². The number of benzene rings is 1. The fraction of sp³-hybridized carbons (Fsp3) is 0. The van der Waals surface area contributed by atoms with Crippen LogP contribution in [0.25, 0.3) is 0 Å². The molecule has 0 radical (unpaired) electrons. The molecule has 0 atom stereocenters. The van der Waals surface area contributed by atoms with Crippen molar-refractivity contribution in [2.75, 3.05) is 4.72 Å². The lowest BCUT2D eigenvalue weighted by Crippen LogP contribution is -2.16. The highest BCUT2D eigenvalue weighted by molar-refractivity contribution is 9.10. The first kappa shape index (κ1) is 14.3. The van der Waals surface area contributed by atoms with Crippen LogP contribution in [0.5, 0.6) is 0 Å². The maximum absolute atomic E-state index is 12.1. The van der Waals surface area contributed by atoms with Gasteiger partial charge in [0.05, 0.1) is 17.3 Å². The van der Waals surface area contributed by atoms with E-state index in [4.69, 9.17) is 0 Å². The van der Waals surface area contributed by atoms with Crippen molar-refractivity contribution in [3.8, 4) is 0 Å². The number of nitro benzene ring substituents is 1. The second-order valence-electron chi connectivity index (χ2n) is 3.44. The lowest BCUT2D eigenvalue weighted by atomic mass is 10.3. The summed E-state index contributed by atoms with van der Waals surface area (Å²) in [6.07, 6.45) is 2.50. The molecule has 0 amide bonds. The highest BCUT2D eigenvalue weighted by atomic mass is 79.9. The predicted molar refractivity (Wildman–Crippen MR) is 71.4 cm³/mol. The quantitative estimate of drug-likeness (QED) is 0.644. The molecule has 1 aromatic carbocycles. The van der Waals surface area contributed by atoms with E-state index >= 15 is 0 Å². The molecule has 11 heteroatoms. The molecule has 0 aliphatic rings. The van der Waals surface area contributed by atoms with E-state index in [1.54, 1.807) is 0 Å². The van der Waals surface area contributed by atoms with Crippen molar-refractivity contribution >= 4 is 37.6 Å². The number of nitrogens with one attached hydrogen (secondary N) is 1. The van der Waals surface area contributed by atoms with Gasteiger partial charge in [0.2, 0.25) is 0 Å². The van der Waals surface area contributed by atoms with Crippen molar-refractivity contribution in [1.82, 2.24) is 15.2 Å². The Kier molecular flexibility index (Phi) is 3.90. The maximum atomic E-state index is 12.1. The van der Waals surface area contributed by atoms with Crippen LogP contribution in [0.15, 0.2) is 40.0 Å². The summed E-state index contributed by atoms with van der Waals surface area (Å²) in [5.74, 6) is -0.276. The van der Waals surface area contributed by atoms with Crippen LogP contribution in [-0.2, 0) is 10.0 Å². The second kappa shape index (κ2) is 5.46. The molecule has 0 aliphatic heterocycles. The van der Waals surface area contributed by atoms with Crippen LogP contribution in [0.4, 0.5) is 11.6 Å². The third-order valence-electron chi connectivity index (χ3n) is 2.12. The monoisotopic (exact) mass is 359 g/mol. The smallest absolute Gasteiger partial charge is 0.258 e. The number of hydrogen-bond donors (Lipinski definition) is 1. The topological polar surface area (TPSA) is 128 Å². The number of nitrogens with zero attached hydrogens (tertiary/aromatic N) is 4. The number of aromatic nitrogens is 3. The summed E-state index contributed by atoms with van der Waals surface area (Å²) < 4.78 is 26.7. The number of sulfonamides is 1. The number of halogens is 1. The molecule has 0 saturated carbocycles. The first-order valence-electron chi connectivity index (χ1n) is 5.00. The normalized spacial score (nSPS) is 11.1. The van der Waals surface area contributed by atoms with E-state index in [1.807, 2.05) is 4.72 Å². The van der Waals surface area contributed by atoms with Crippen LogP contribution in [-0.4, -0.2) is 28.5 Å². The molecule has 0 fully saturated rings. The molecule has 0 saturated heterocycles. The minimum atomic E-state index is -4.20. The van der Waals surface area contributed by atoms with Gasteiger partial charge in [0.1, 0.15) is 0 Å². The van der Waals surface area contributed by atoms with Crippen LogP contribution >= 0.6 is 15.9 Å². The Morgan fingerprint density at radius 3 is 2.65 bits per heavy atom. The zero-order valence-electron chi connectivity index (χ0n) is 9.59. The van der Waals surface area contributed by atoms with Gasteiger partial charge in [-0.15, -0.1) is 5.10 Å². The van der Waals surface area contributed by atoms with Gasteiger partial charge in [0.15, 0.2) is 4.90 Å². The largest absolute Gasteiger partial charge is 0.289 e. The molecule has 104 valence electrons. The van der Waals surface area contributed by atoms with E-state index in [2.05, 4.69) is 31.1 Å². The molecule has 0 unspecified atom stereocenters. The van der Waals surface area contributed by atoms with Gasteiger partial charge in [0.25, 0.3) is 21.7 Å². The molecular formula is C9H6BrN5O4S. The Bertz CT molecular complexity index is 752. The molecule has 2 rings (SSSR count). The standard InChI is InChI=1S/C9H6BrN5O4S/c10-6-1-2-7(15(16)17)8(5-6)20(18,19)14-9-11-3-4-12-13-9/h1-5H,(H,11,13,14). The van der Waals surface area contributed by atoms with Crippen molar-refractivity contribution in [2.24, 2.45) is 0 Å². The molecule has 1 aromatic heterocycles. The number of nitro groups is 1. The molecule has 20 heavy (non-hydrogen) atoms. The summed E-state index contributed by atoms with van der Waals surface area (Å²) in [5, 5.41) is 17.8. The van der Waals surface area contributed by atoms with Gasteiger partial charge in [-0.25, -0.2) is 18.1 Å². The van der Waals surface area contributed by atoms with Crippen LogP contribution in [0.3, 0.4) is 0 Å². The summed E-state index contributed by atoms with van der Waals surface area (Å²) in [4.78, 5) is 13.2. The summed E-state index contributed by atoms with van der Waals surface area (Å²) in [6, 6.07) is 3.58. The highest BCUT2D eigenvalue weighted by Gasteiger charge is 2.26. The maximum Gasteiger partial charge on any atom is 0.289 e. The third kappa shape index (κ3) is 3.05. The minimum Gasteiger partial charge on any atom is -0.258 e. The Hall–Kier alpha value is -2.14. The number of hydrogen-bond acceptors (Lipinski definition) is 7. The Labute approximate surface area is 121 Å². The van der Waals surface area contributed by atoms with E-state index in [9.17, 15) is 18.5 Å². The fourth-order valence-electron chi connectivity index (χ4n) is 1.32. The van der Waals surface area contributed by atoms with Crippen LogP contribution < -0.4 is 4.72 Å². The van der Waals surface area contributed by atoms with Crippen LogP contribution in [0, 0.1) is 10.1 Å².